The minimum Gasteiger partial charge on any atom is -0.507 e. The number of benzene rings is 2. The second-order valence-corrected chi connectivity index (χ2v) is 8.12. The summed E-state index contributed by atoms with van der Waals surface area (Å²) in [5, 5.41) is 11.2. The molecule has 0 aliphatic carbocycles. The Kier molecular flexibility index (Phi) is 8.71. The lowest BCUT2D eigenvalue weighted by molar-refractivity contribution is -0.140. The van der Waals surface area contributed by atoms with Crippen LogP contribution in [0.3, 0.4) is 0 Å². The van der Waals surface area contributed by atoms with Crippen molar-refractivity contribution in [2.24, 2.45) is 0 Å². The van der Waals surface area contributed by atoms with E-state index in [2.05, 4.69) is 18.7 Å². The fourth-order valence-electron chi connectivity index (χ4n) is 4.19. The lowest BCUT2D eigenvalue weighted by Crippen LogP contribution is -2.32. The topological polar surface area (TPSA) is 79.3 Å². The van der Waals surface area contributed by atoms with E-state index in [0.29, 0.717) is 17.9 Å². The highest BCUT2D eigenvalue weighted by Gasteiger charge is 2.45. The fraction of sp³-hybridized carbons (Fsp3) is 0.407. The molecular weight excluding hydrogens is 432 g/mol. The molecule has 1 heterocycles. The lowest BCUT2D eigenvalue weighted by atomic mass is 9.95. The zero-order valence-corrected chi connectivity index (χ0v) is 20.4. The summed E-state index contributed by atoms with van der Waals surface area (Å²) in [6.45, 7) is 9.08. The Morgan fingerprint density at radius 1 is 0.971 bits per heavy atom. The molecule has 34 heavy (non-hydrogen) atoms. The SMILES string of the molecule is CCCOc1ccc(/C(O)=C2/C(=O)C(=O)N(CCOC)C2c2ccc(N(CC)CC)cc2)cc1. The van der Waals surface area contributed by atoms with Crippen molar-refractivity contribution < 1.29 is 24.2 Å². The Hall–Kier alpha value is -3.32. The first kappa shape index (κ1) is 25.3. The smallest absolute Gasteiger partial charge is 0.295 e. The Morgan fingerprint density at radius 2 is 1.62 bits per heavy atom. The number of rotatable bonds is 11. The third-order valence-corrected chi connectivity index (χ3v) is 6.01. The van der Waals surface area contributed by atoms with Crippen LogP contribution in [0, 0.1) is 0 Å². The molecule has 1 atom stereocenters. The lowest BCUT2D eigenvalue weighted by Gasteiger charge is -2.26. The zero-order chi connectivity index (χ0) is 24.7. The molecule has 3 rings (SSSR count). The Balaban J connectivity index is 2.04. The summed E-state index contributed by atoms with van der Waals surface area (Å²) >= 11 is 0. The van der Waals surface area contributed by atoms with E-state index in [1.807, 2.05) is 31.2 Å². The van der Waals surface area contributed by atoms with Crippen LogP contribution in [0.5, 0.6) is 5.75 Å². The molecule has 2 aromatic carbocycles. The monoisotopic (exact) mass is 466 g/mol. The first-order valence-corrected chi connectivity index (χ1v) is 11.8. The van der Waals surface area contributed by atoms with E-state index in [-0.39, 0.29) is 24.5 Å². The molecule has 1 amide bonds. The van der Waals surface area contributed by atoms with Gasteiger partial charge < -0.3 is 24.4 Å². The number of hydrogen-bond donors (Lipinski definition) is 1. The second-order valence-electron chi connectivity index (χ2n) is 8.12. The standard InChI is InChI=1S/C27H34N2O5/c1-5-17-34-22-14-10-20(11-15-22)25(30)23-24(29(16-18-33-4)27(32)26(23)31)19-8-12-21(13-9-19)28(6-2)7-3/h8-15,24,30H,5-7,16-18H2,1-4H3/b25-23-. The van der Waals surface area contributed by atoms with Gasteiger partial charge in [-0.2, -0.15) is 0 Å². The van der Waals surface area contributed by atoms with Crippen molar-refractivity contribution in [1.29, 1.82) is 0 Å². The fourth-order valence-corrected chi connectivity index (χ4v) is 4.19. The molecule has 2 aromatic rings. The van der Waals surface area contributed by atoms with Crippen LogP contribution in [-0.4, -0.2) is 61.7 Å². The van der Waals surface area contributed by atoms with Gasteiger partial charge in [-0.1, -0.05) is 19.1 Å². The molecular formula is C27H34N2O5. The highest BCUT2D eigenvalue weighted by atomic mass is 16.5. The summed E-state index contributed by atoms with van der Waals surface area (Å²) in [6.07, 6.45) is 0.889. The molecule has 1 N–H and O–H groups in total. The van der Waals surface area contributed by atoms with Crippen LogP contribution in [0.4, 0.5) is 5.69 Å². The molecule has 0 aromatic heterocycles. The molecule has 0 saturated carbocycles. The Morgan fingerprint density at radius 3 is 2.18 bits per heavy atom. The van der Waals surface area contributed by atoms with Gasteiger partial charge in [0.2, 0.25) is 0 Å². The number of ketones is 1. The minimum atomic E-state index is -0.697. The van der Waals surface area contributed by atoms with Crippen LogP contribution in [0.1, 0.15) is 44.4 Å². The van der Waals surface area contributed by atoms with Crippen molar-refractivity contribution in [3.8, 4) is 5.75 Å². The van der Waals surface area contributed by atoms with Gasteiger partial charge in [0.1, 0.15) is 11.5 Å². The van der Waals surface area contributed by atoms with Crippen molar-refractivity contribution in [2.45, 2.75) is 33.2 Å². The maximum atomic E-state index is 13.1. The number of carbonyl (C=O) groups is 2. The van der Waals surface area contributed by atoms with Gasteiger partial charge in [0, 0.05) is 38.0 Å². The number of carbonyl (C=O) groups excluding carboxylic acids is 2. The third kappa shape index (κ3) is 5.25. The van der Waals surface area contributed by atoms with E-state index >= 15 is 0 Å². The second kappa shape index (κ2) is 11.7. The van der Waals surface area contributed by atoms with E-state index in [4.69, 9.17) is 9.47 Å². The van der Waals surface area contributed by atoms with Gasteiger partial charge >= 0.3 is 0 Å². The van der Waals surface area contributed by atoms with E-state index in [1.165, 1.54) is 4.90 Å². The van der Waals surface area contributed by atoms with Crippen LogP contribution in [-0.2, 0) is 14.3 Å². The van der Waals surface area contributed by atoms with E-state index in [0.717, 1.165) is 30.8 Å². The minimum absolute atomic E-state index is 0.0823. The summed E-state index contributed by atoms with van der Waals surface area (Å²) in [4.78, 5) is 29.7. The maximum absolute atomic E-state index is 13.1. The van der Waals surface area contributed by atoms with Crippen LogP contribution in [0.15, 0.2) is 54.1 Å². The number of aliphatic hydroxyl groups excluding tert-OH is 1. The normalized spacial score (nSPS) is 17.3. The number of amides is 1. The number of ether oxygens (including phenoxy) is 2. The quantitative estimate of drug-likeness (QED) is 0.301. The summed E-state index contributed by atoms with van der Waals surface area (Å²) in [5.41, 5.74) is 2.36. The number of anilines is 1. The van der Waals surface area contributed by atoms with E-state index in [9.17, 15) is 14.7 Å². The Labute approximate surface area is 201 Å². The van der Waals surface area contributed by atoms with Gasteiger partial charge in [-0.15, -0.1) is 0 Å². The highest BCUT2D eigenvalue weighted by molar-refractivity contribution is 6.46. The summed E-state index contributed by atoms with van der Waals surface area (Å²) in [7, 11) is 1.55. The number of Topliss-reactive ketones (excluding diaryl/α,β-unsaturated/α-hetero) is 1. The molecule has 1 unspecified atom stereocenters. The molecule has 1 fully saturated rings. The molecule has 1 saturated heterocycles. The van der Waals surface area contributed by atoms with Crippen molar-refractivity contribution in [2.75, 3.05) is 44.9 Å². The predicted octanol–water partition coefficient (Wildman–Crippen LogP) is 4.39. The van der Waals surface area contributed by atoms with Gasteiger partial charge in [-0.3, -0.25) is 9.59 Å². The molecule has 1 aliphatic rings. The van der Waals surface area contributed by atoms with Crippen LogP contribution in [0.25, 0.3) is 5.76 Å². The van der Waals surface area contributed by atoms with Crippen molar-refractivity contribution in [3.63, 3.8) is 0 Å². The van der Waals surface area contributed by atoms with E-state index < -0.39 is 17.7 Å². The molecule has 7 heteroatoms. The van der Waals surface area contributed by atoms with Gasteiger partial charge in [0.15, 0.2) is 0 Å². The molecule has 0 bridgehead atoms. The van der Waals surface area contributed by atoms with Gasteiger partial charge in [-0.05, 0) is 62.2 Å². The van der Waals surface area contributed by atoms with Gasteiger partial charge in [-0.25, -0.2) is 0 Å². The average Bonchev–Trinajstić information content (AvgIpc) is 3.12. The van der Waals surface area contributed by atoms with Crippen molar-refractivity contribution >= 4 is 23.1 Å². The van der Waals surface area contributed by atoms with E-state index in [1.54, 1.807) is 31.4 Å². The average molecular weight is 467 g/mol. The van der Waals surface area contributed by atoms with Crippen LogP contribution < -0.4 is 9.64 Å². The summed E-state index contributed by atoms with van der Waals surface area (Å²) < 4.78 is 10.8. The highest BCUT2D eigenvalue weighted by Crippen LogP contribution is 2.39. The van der Waals surface area contributed by atoms with Crippen molar-refractivity contribution in [3.05, 3.63) is 65.2 Å². The molecule has 0 radical (unpaired) electrons. The zero-order valence-electron chi connectivity index (χ0n) is 20.4. The number of methoxy groups -OCH3 is 1. The van der Waals surface area contributed by atoms with Gasteiger partial charge in [0.05, 0.1) is 24.8 Å². The third-order valence-electron chi connectivity index (χ3n) is 6.01. The summed E-state index contributed by atoms with van der Waals surface area (Å²) in [5.74, 6) is -0.849. The number of hydrogen-bond acceptors (Lipinski definition) is 6. The Bertz CT molecular complexity index is 1010. The molecule has 1 aliphatic heterocycles. The summed E-state index contributed by atoms with van der Waals surface area (Å²) in [6, 6.07) is 14.0. The first-order valence-electron chi connectivity index (χ1n) is 11.8. The molecule has 0 spiro atoms. The molecule has 182 valence electrons. The largest absolute Gasteiger partial charge is 0.507 e. The van der Waals surface area contributed by atoms with Crippen LogP contribution >= 0.6 is 0 Å². The van der Waals surface area contributed by atoms with Gasteiger partial charge in [0.25, 0.3) is 11.7 Å². The number of nitrogens with zero attached hydrogens (tertiary/aromatic N) is 2. The van der Waals surface area contributed by atoms with Crippen LogP contribution in [0.2, 0.25) is 0 Å². The predicted molar refractivity (Wildman–Crippen MR) is 133 cm³/mol. The first-order chi connectivity index (χ1) is 16.5. The van der Waals surface area contributed by atoms with Crippen molar-refractivity contribution in [1.82, 2.24) is 4.90 Å². The number of likely N-dealkylation sites (tertiary alicyclic amines) is 1. The number of aliphatic hydroxyl groups is 1. The molecule has 7 nitrogen and oxygen atoms in total. The maximum Gasteiger partial charge on any atom is 0.295 e.